The van der Waals surface area contributed by atoms with Crippen molar-refractivity contribution >= 4 is 27.0 Å². The minimum absolute atomic E-state index is 0.0146. The first kappa shape index (κ1) is 15.4. The van der Waals surface area contributed by atoms with Gasteiger partial charge in [-0.25, -0.2) is 17.9 Å². The van der Waals surface area contributed by atoms with Crippen molar-refractivity contribution in [2.45, 2.75) is 11.4 Å². The normalized spacial score (nSPS) is 11.5. The Morgan fingerprint density at radius 2 is 2.14 bits per heavy atom. The van der Waals surface area contributed by atoms with E-state index in [4.69, 9.17) is 18.0 Å². The lowest BCUT2D eigenvalue weighted by atomic mass is 10.2. The third-order valence-electron chi connectivity index (χ3n) is 2.94. The molecule has 9 heteroatoms. The van der Waals surface area contributed by atoms with Crippen LogP contribution in [0.1, 0.15) is 5.56 Å². The molecule has 1 aromatic heterocycles. The maximum Gasteiger partial charge on any atom is 0.345 e. The number of hydrogen-bond acceptors (Lipinski definition) is 5. The predicted octanol–water partition coefficient (Wildman–Crippen LogP) is -0.310. The van der Waals surface area contributed by atoms with Crippen molar-refractivity contribution in [3.8, 4) is 0 Å². The van der Waals surface area contributed by atoms with Crippen molar-refractivity contribution in [1.29, 1.82) is 0 Å². The molecule has 0 bridgehead atoms. The van der Waals surface area contributed by atoms with E-state index in [2.05, 4.69) is 5.10 Å². The maximum atomic E-state index is 12.3. The largest absolute Gasteiger partial charge is 0.389 e. The summed E-state index contributed by atoms with van der Waals surface area (Å²) < 4.78 is 26.9. The van der Waals surface area contributed by atoms with E-state index in [0.29, 0.717) is 5.56 Å². The summed E-state index contributed by atoms with van der Waals surface area (Å²) in [5.74, 6) is -0.231. The summed E-state index contributed by atoms with van der Waals surface area (Å²) in [4.78, 5) is 11.9. The SMILES string of the molecule is Cn1cnn(CCS(=O)(=O)c2cccc(C(N)=S)c2)c1=O. The molecule has 1 heterocycles. The number of aryl methyl sites for hydroxylation is 2. The number of benzene rings is 1. The summed E-state index contributed by atoms with van der Waals surface area (Å²) in [6, 6.07) is 6.12. The van der Waals surface area contributed by atoms with Crippen molar-refractivity contribution < 1.29 is 8.42 Å². The van der Waals surface area contributed by atoms with Gasteiger partial charge < -0.3 is 5.73 Å². The first-order chi connectivity index (χ1) is 9.81. The maximum absolute atomic E-state index is 12.3. The molecule has 112 valence electrons. The second-order valence-corrected chi connectivity index (χ2v) is 7.01. The van der Waals surface area contributed by atoms with Gasteiger partial charge in [-0.2, -0.15) is 5.10 Å². The lowest BCUT2D eigenvalue weighted by molar-refractivity contribution is 0.573. The molecule has 2 N–H and O–H groups in total. The Kier molecular flexibility index (Phi) is 4.24. The second kappa shape index (κ2) is 5.78. The van der Waals surface area contributed by atoms with Crippen LogP contribution in [0.3, 0.4) is 0 Å². The summed E-state index contributed by atoms with van der Waals surface area (Å²) in [6.45, 7) is -0.0146. The number of hydrogen-bond donors (Lipinski definition) is 1. The molecule has 21 heavy (non-hydrogen) atoms. The van der Waals surface area contributed by atoms with Crippen LogP contribution in [0.25, 0.3) is 0 Å². The van der Waals surface area contributed by atoms with Crippen LogP contribution < -0.4 is 11.4 Å². The fraction of sp³-hybridized carbons (Fsp3) is 0.250. The van der Waals surface area contributed by atoms with E-state index < -0.39 is 9.84 Å². The van der Waals surface area contributed by atoms with Gasteiger partial charge in [-0.15, -0.1) is 0 Å². The molecule has 0 saturated heterocycles. The van der Waals surface area contributed by atoms with E-state index >= 15 is 0 Å². The number of aromatic nitrogens is 3. The van der Waals surface area contributed by atoms with Gasteiger partial charge in [-0.1, -0.05) is 24.4 Å². The second-order valence-electron chi connectivity index (χ2n) is 4.46. The van der Waals surface area contributed by atoms with Gasteiger partial charge in [0.05, 0.1) is 17.2 Å². The van der Waals surface area contributed by atoms with Gasteiger partial charge in [-0.3, -0.25) is 4.57 Å². The molecule has 0 radical (unpaired) electrons. The van der Waals surface area contributed by atoms with Crippen LogP contribution in [0.5, 0.6) is 0 Å². The van der Waals surface area contributed by atoms with Gasteiger partial charge in [0.25, 0.3) is 0 Å². The number of nitrogens with two attached hydrogens (primary N) is 1. The lowest BCUT2D eigenvalue weighted by Crippen LogP contribution is -2.26. The smallest absolute Gasteiger partial charge is 0.345 e. The summed E-state index contributed by atoms with van der Waals surface area (Å²) in [5, 5.41) is 3.82. The molecule has 0 saturated carbocycles. The van der Waals surface area contributed by atoms with Crippen molar-refractivity contribution in [3.63, 3.8) is 0 Å². The van der Waals surface area contributed by atoms with Gasteiger partial charge in [0.15, 0.2) is 9.84 Å². The highest BCUT2D eigenvalue weighted by Crippen LogP contribution is 2.13. The summed E-state index contributed by atoms with van der Waals surface area (Å²) in [6.07, 6.45) is 1.34. The Morgan fingerprint density at radius 3 is 2.71 bits per heavy atom. The van der Waals surface area contributed by atoms with E-state index in [0.717, 1.165) is 4.68 Å². The highest BCUT2D eigenvalue weighted by Gasteiger charge is 2.16. The van der Waals surface area contributed by atoms with Crippen LogP contribution in [-0.2, 0) is 23.4 Å². The Labute approximate surface area is 126 Å². The van der Waals surface area contributed by atoms with Crippen LogP contribution in [0.2, 0.25) is 0 Å². The van der Waals surface area contributed by atoms with Crippen LogP contribution in [0.15, 0.2) is 40.3 Å². The van der Waals surface area contributed by atoms with Gasteiger partial charge in [-0.05, 0) is 12.1 Å². The molecule has 7 nitrogen and oxygen atoms in total. The van der Waals surface area contributed by atoms with Gasteiger partial charge in [0.1, 0.15) is 11.3 Å². The zero-order chi connectivity index (χ0) is 15.6. The third-order valence-corrected chi connectivity index (χ3v) is 4.86. The number of rotatable bonds is 5. The van der Waals surface area contributed by atoms with E-state index in [-0.39, 0.29) is 27.9 Å². The molecule has 0 amide bonds. The molecular weight excluding hydrogens is 312 g/mol. The molecular formula is C12H14N4O3S2. The highest BCUT2D eigenvalue weighted by atomic mass is 32.2. The van der Waals surface area contributed by atoms with Crippen LogP contribution >= 0.6 is 12.2 Å². The first-order valence-corrected chi connectivity index (χ1v) is 8.08. The predicted molar refractivity (Wildman–Crippen MR) is 81.9 cm³/mol. The van der Waals surface area contributed by atoms with Gasteiger partial charge in [0.2, 0.25) is 0 Å². The van der Waals surface area contributed by atoms with Crippen molar-refractivity contribution in [3.05, 3.63) is 46.6 Å². The minimum Gasteiger partial charge on any atom is -0.389 e. The lowest BCUT2D eigenvalue weighted by Gasteiger charge is -2.06. The van der Waals surface area contributed by atoms with E-state index in [1.807, 2.05) is 0 Å². The summed E-state index contributed by atoms with van der Waals surface area (Å²) in [5.41, 5.74) is 5.62. The monoisotopic (exact) mass is 326 g/mol. The number of nitrogens with zero attached hydrogens (tertiary/aromatic N) is 3. The van der Waals surface area contributed by atoms with Gasteiger partial charge >= 0.3 is 5.69 Å². The molecule has 0 fully saturated rings. The third kappa shape index (κ3) is 3.37. The standard InChI is InChI=1S/C12H14N4O3S2/c1-15-8-14-16(12(15)17)5-6-21(18,19)10-4-2-3-9(7-10)11(13)20/h2-4,7-8H,5-6H2,1H3,(H2,13,20). The van der Waals surface area contributed by atoms with Crippen LogP contribution in [0.4, 0.5) is 0 Å². The zero-order valence-corrected chi connectivity index (χ0v) is 12.9. The molecule has 0 atom stereocenters. The molecule has 0 unspecified atom stereocenters. The topological polar surface area (TPSA) is 100.0 Å². The molecule has 0 spiro atoms. The van der Waals surface area contributed by atoms with Crippen molar-refractivity contribution in [1.82, 2.24) is 14.3 Å². The quantitative estimate of drug-likeness (QED) is 0.757. The zero-order valence-electron chi connectivity index (χ0n) is 11.3. The summed E-state index contributed by atoms with van der Waals surface area (Å²) >= 11 is 4.83. The van der Waals surface area contributed by atoms with E-state index in [9.17, 15) is 13.2 Å². The fourth-order valence-electron chi connectivity index (χ4n) is 1.74. The number of thiocarbonyl (C=S) groups is 1. The Hall–Kier alpha value is -2.00. The Balaban J connectivity index is 2.23. The van der Waals surface area contributed by atoms with Crippen LogP contribution in [-0.4, -0.2) is 33.5 Å². The number of sulfone groups is 1. The minimum atomic E-state index is -3.55. The molecule has 0 aliphatic carbocycles. The molecule has 1 aromatic carbocycles. The molecule has 2 aromatic rings. The van der Waals surface area contributed by atoms with Gasteiger partial charge in [0, 0.05) is 12.6 Å². The first-order valence-electron chi connectivity index (χ1n) is 6.02. The van der Waals surface area contributed by atoms with Crippen LogP contribution in [0, 0.1) is 0 Å². The molecule has 0 aliphatic rings. The molecule has 0 aliphatic heterocycles. The van der Waals surface area contributed by atoms with Crippen molar-refractivity contribution in [2.75, 3.05) is 5.75 Å². The average molecular weight is 326 g/mol. The van der Waals surface area contributed by atoms with Crippen molar-refractivity contribution in [2.24, 2.45) is 12.8 Å². The Morgan fingerprint density at radius 1 is 1.43 bits per heavy atom. The average Bonchev–Trinajstić information content (AvgIpc) is 2.77. The highest BCUT2D eigenvalue weighted by molar-refractivity contribution is 7.91. The van der Waals surface area contributed by atoms with E-state index in [1.54, 1.807) is 19.2 Å². The fourth-order valence-corrected chi connectivity index (χ4v) is 3.11. The molecule has 2 rings (SSSR count). The summed E-state index contributed by atoms with van der Waals surface area (Å²) in [7, 11) is -2.00. The Bertz CT molecular complexity index is 836. The van der Waals surface area contributed by atoms with E-state index in [1.165, 1.54) is 23.0 Å².